The zero-order valence-corrected chi connectivity index (χ0v) is 15.5. The second-order valence-electron chi connectivity index (χ2n) is 7.09. The standard InChI is InChI=1S/C20H26O2Si/c1-17(15-21)16-22-23(20(2,3)4,18-11-7-5-8-12-18)19-13-9-6-10-14-19/h5-15,17H,16H2,1-4H3/t17-/m0/s1. The molecule has 0 amide bonds. The van der Waals surface area contributed by atoms with Gasteiger partial charge in [0, 0.05) is 12.5 Å². The molecular weight excluding hydrogens is 300 g/mol. The minimum absolute atomic E-state index is 0.0433. The van der Waals surface area contributed by atoms with Crippen LogP contribution in [0.25, 0.3) is 0 Å². The zero-order chi connectivity index (χ0) is 16.9. The van der Waals surface area contributed by atoms with Gasteiger partial charge in [-0.25, -0.2) is 0 Å². The molecule has 1 atom stereocenters. The van der Waals surface area contributed by atoms with E-state index < -0.39 is 8.32 Å². The summed E-state index contributed by atoms with van der Waals surface area (Å²) in [6.07, 6.45) is 0.970. The number of aldehydes is 1. The number of carbonyl (C=O) groups excluding carboxylic acids is 1. The molecule has 0 radical (unpaired) electrons. The molecule has 2 aromatic carbocycles. The van der Waals surface area contributed by atoms with Gasteiger partial charge in [-0.3, -0.25) is 0 Å². The quantitative estimate of drug-likeness (QED) is 0.601. The van der Waals surface area contributed by atoms with Crippen molar-refractivity contribution in [1.29, 1.82) is 0 Å². The molecule has 0 aliphatic carbocycles. The Balaban J connectivity index is 2.62. The third-order valence-electron chi connectivity index (χ3n) is 4.21. The molecule has 0 heterocycles. The van der Waals surface area contributed by atoms with E-state index in [-0.39, 0.29) is 11.0 Å². The highest BCUT2D eigenvalue weighted by atomic mass is 28.4. The van der Waals surface area contributed by atoms with Crippen molar-refractivity contribution in [1.82, 2.24) is 0 Å². The molecule has 0 bridgehead atoms. The molecule has 0 saturated heterocycles. The van der Waals surface area contributed by atoms with Crippen LogP contribution in [0.4, 0.5) is 0 Å². The van der Waals surface area contributed by atoms with Crippen molar-refractivity contribution in [2.75, 3.05) is 6.61 Å². The van der Waals surface area contributed by atoms with E-state index >= 15 is 0 Å². The van der Waals surface area contributed by atoms with Gasteiger partial charge in [0.05, 0.1) is 0 Å². The first kappa shape index (κ1) is 17.6. The fourth-order valence-corrected chi connectivity index (χ4v) is 7.73. The third-order valence-corrected chi connectivity index (χ3v) is 9.22. The number of benzene rings is 2. The second-order valence-corrected chi connectivity index (χ2v) is 11.4. The number of carbonyl (C=O) groups is 1. The Kier molecular flexibility index (Phi) is 5.55. The molecule has 0 N–H and O–H groups in total. The third kappa shape index (κ3) is 3.62. The molecule has 122 valence electrons. The number of rotatable bonds is 6. The molecule has 23 heavy (non-hydrogen) atoms. The maximum Gasteiger partial charge on any atom is 0.261 e. The first-order valence-electron chi connectivity index (χ1n) is 8.12. The van der Waals surface area contributed by atoms with Gasteiger partial charge in [0.15, 0.2) is 0 Å². The summed E-state index contributed by atoms with van der Waals surface area (Å²) in [4.78, 5) is 11.1. The smallest absolute Gasteiger partial charge is 0.261 e. The Labute approximate surface area is 140 Å². The van der Waals surface area contributed by atoms with E-state index in [0.29, 0.717) is 6.61 Å². The summed E-state index contributed by atoms with van der Waals surface area (Å²) in [7, 11) is -2.49. The Morgan fingerprint density at radius 3 is 1.74 bits per heavy atom. The highest BCUT2D eigenvalue weighted by Crippen LogP contribution is 2.36. The minimum atomic E-state index is -2.49. The lowest BCUT2D eigenvalue weighted by Crippen LogP contribution is -2.66. The Bertz CT molecular complexity index is 578. The van der Waals surface area contributed by atoms with Crippen LogP contribution in [0.3, 0.4) is 0 Å². The van der Waals surface area contributed by atoms with Crippen LogP contribution in [0.5, 0.6) is 0 Å². The fourth-order valence-electron chi connectivity index (χ4n) is 3.06. The van der Waals surface area contributed by atoms with Crippen LogP contribution in [0.15, 0.2) is 60.7 Å². The first-order valence-corrected chi connectivity index (χ1v) is 10.0. The molecule has 0 unspecified atom stereocenters. The van der Waals surface area contributed by atoms with E-state index in [0.717, 1.165) is 6.29 Å². The van der Waals surface area contributed by atoms with E-state index in [1.807, 2.05) is 19.1 Å². The van der Waals surface area contributed by atoms with Crippen molar-refractivity contribution in [3.8, 4) is 0 Å². The maximum atomic E-state index is 11.1. The van der Waals surface area contributed by atoms with Gasteiger partial charge in [0.25, 0.3) is 8.32 Å². The summed E-state index contributed by atoms with van der Waals surface area (Å²) >= 11 is 0. The summed E-state index contributed by atoms with van der Waals surface area (Å²) in [5.74, 6) is -0.100. The summed E-state index contributed by atoms with van der Waals surface area (Å²) < 4.78 is 6.63. The van der Waals surface area contributed by atoms with Crippen molar-refractivity contribution in [2.45, 2.75) is 32.7 Å². The average molecular weight is 327 g/mol. The van der Waals surface area contributed by atoms with E-state index in [1.165, 1.54) is 10.4 Å². The van der Waals surface area contributed by atoms with Crippen LogP contribution in [0.2, 0.25) is 5.04 Å². The number of hydrogen-bond donors (Lipinski definition) is 0. The SMILES string of the molecule is C[C@@H](C=O)CO[Si](c1ccccc1)(c1ccccc1)C(C)(C)C. The summed E-state index contributed by atoms with van der Waals surface area (Å²) in [6, 6.07) is 21.0. The van der Waals surface area contributed by atoms with Gasteiger partial charge in [-0.15, -0.1) is 0 Å². The van der Waals surface area contributed by atoms with Gasteiger partial charge < -0.3 is 9.22 Å². The fraction of sp³-hybridized carbons (Fsp3) is 0.350. The van der Waals surface area contributed by atoms with Crippen molar-refractivity contribution >= 4 is 25.0 Å². The van der Waals surface area contributed by atoms with Gasteiger partial charge in [0.1, 0.15) is 6.29 Å². The lowest BCUT2D eigenvalue weighted by molar-refractivity contribution is -0.111. The van der Waals surface area contributed by atoms with Gasteiger partial charge in [-0.2, -0.15) is 0 Å². The molecule has 2 aromatic rings. The van der Waals surface area contributed by atoms with Crippen molar-refractivity contribution < 1.29 is 9.22 Å². The van der Waals surface area contributed by atoms with Gasteiger partial charge >= 0.3 is 0 Å². The Morgan fingerprint density at radius 2 is 1.39 bits per heavy atom. The van der Waals surface area contributed by atoms with E-state index in [1.54, 1.807) is 0 Å². The normalized spacial score (nSPS) is 13.6. The molecular formula is C20H26O2Si. The highest BCUT2D eigenvalue weighted by molar-refractivity contribution is 6.99. The summed E-state index contributed by atoms with van der Waals surface area (Å²) in [5, 5.41) is 2.45. The van der Waals surface area contributed by atoms with Gasteiger partial charge in [-0.05, 0) is 15.4 Å². The molecule has 2 rings (SSSR count). The largest absolute Gasteiger partial charge is 0.407 e. The molecule has 0 fully saturated rings. The van der Waals surface area contributed by atoms with E-state index in [9.17, 15) is 4.79 Å². The summed E-state index contributed by atoms with van der Waals surface area (Å²) in [6.45, 7) is 9.09. The monoisotopic (exact) mass is 326 g/mol. The molecule has 0 aromatic heterocycles. The van der Waals surface area contributed by atoms with E-state index in [4.69, 9.17) is 4.43 Å². The maximum absolute atomic E-state index is 11.1. The topological polar surface area (TPSA) is 26.3 Å². The predicted octanol–water partition coefficient (Wildman–Crippen LogP) is 3.40. The van der Waals surface area contributed by atoms with Crippen LogP contribution in [0, 0.1) is 5.92 Å². The van der Waals surface area contributed by atoms with Crippen molar-refractivity contribution in [3.63, 3.8) is 0 Å². The van der Waals surface area contributed by atoms with Crippen molar-refractivity contribution in [3.05, 3.63) is 60.7 Å². The van der Waals surface area contributed by atoms with Crippen LogP contribution < -0.4 is 10.4 Å². The molecule has 0 aliphatic heterocycles. The second kappa shape index (κ2) is 7.24. The molecule has 2 nitrogen and oxygen atoms in total. The summed E-state index contributed by atoms with van der Waals surface area (Å²) in [5.41, 5.74) is 0. The van der Waals surface area contributed by atoms with Crippen LogP contribution >= 0.6 is 0 Å². The van der Waals surface area contributed by atoms with Gasteiger partial charge in [0.2, 0.25) is 0 Å². The van der Waals surface area contributed by atoms with Crippen LogP contribution in [0.1, 0.15) is 27.7 Å². The minimum Gasteiger partial charge on any atom is -0.407 e. The average Bonchev–Trinajstić information content (AvgIpc) is 2.56. The number of hydrogen-bond acceptors (Lipinski definition) is 2. The Morgan fingerprint density at radius 1 is 0.957 bits per heavy atom. The van der Waals surface area contributed by atoms with Gasteiger partial charge in [-0.1, -0.05) is 88.4 Å². The van der Waals surface area contributed by atoms with Crippen LogP contribution in [-0.2, 0) is 9.22 Å². The van der Waals surface area contributed by atoms with Crippen molar-refractivity contribution in [2.24, 2.45) is 5.92 Å². The lowest BCUT2D eigenvalue weighted by atomic mass is 10.2. The molecule has 0 saturated carbocycles. The zero-order valence-electron chi connectivity index (χ0n) is 14.5. The molecule has 0 spiro atoms. The Hall–Kier alpha value is -1.71. The highest BCUT2D eigenvalue weighted by Gasteiger charge is 2.50. The first-order chi connectivity index (χ1) is 10.9. The lowest BCUT2D eigenvalue weighted by Gasteiger charge is -2.43. The molecule has 0 aliphatic rings. The van der Waals surface area contributed by atoms with Crippen LogP contribution in [-0.4, -0.2) is 21.2 Å². The van der Waals surface area contributed by atoms with E-state index in [2.05, 4.69) is 69.3 Å². The predicted molar refractivity (Wildman–Crippen MR) is 98.8 cm³/mol. The molecule has 3 heteroatoms.